The van der Waals surface area contributed by atoms with Gasteiger partial charge in [0.05, 0.1) is 12.0 Å². The first kappa shape index (κ1) is 18.3. The average molecular weight is 349 g/mol. The Balaban J connectivity index is 1.88. The predicted molar refractivity (Wildman–Crippen MR) is 94.2 cm³/mol. The van der Waals surface area contributed by atoms with Crippen LogP contribution in [0, 0.1) is 0 Å². The van der Waals surface area contributed by atoms with Gasteiger partial charge in [0.25, 0.3) is 0 Å². The lowest BCUT2D eigenvalue weighted by molar-refractivity contribution is 0.320. The van der Waals surface area contributed by atoms with Crippen molar-refractivity contribution in [2.24, 2.45) is 0 Å². The summed E-state index contributed by atoms with van der Waals surface area (Å²) in [5.41, 5.74) is 1.11. The Morgan fingerprint density at radius 3 is 2.33 bits per heavy atom. The molecule has 0 fully saturated rings. The minimum absolute atomic E-state index is 0.186. The number of rotatable bonds is 8. The molecule has 0 saturated carbocycles. The molecule has 2 rings (SSSR count). The van der Waals surface area contributed by atoms with E-state index in [1.165, 1.54) is 0 Å². The van der Waals surface area contributed by atoms with Gasteiger partial charge in [0.15, 0.2) is 0 Å². The quantitative estimate of drug-likeness (QED) is 0.744. The first-order valence-corrected chi connectivity index (χ1v) is 9.27. The second-order valence-electron chi connectivity index (χ2n) is 5.65. The van der Waals surface area contributed by atoms with Crippen LogP contribution in [0.25, 0.3) is 0 Å². The van der Waals surface area contributed by atoms with Gasteiger partial charge in [-0.3, -0.25) is 0 Å². The molecule has 0 heterocycles. The van der Waals surface area contributed by atoms with Gasteiger partial charge in [-0.1, -0.05) is 32.0 Å². The number of benzene rings is 2. The van der Waals surface area contributed by atoms with Gasteiger partial charge in [-0.2, -0.15) is 0 Å². The van der Waals surface area contributed by atoms with Crippen molar-refractivity contribution >= 4 is 10.0 Å². The van der Waals surface area contributed by atoms with Crippen LogP contribution in [0.5, 0.6) is 11.5 Å². The third-order valence-corrected chi connectivity index (χ3v) is 5.04. The normalized spacial score (nSPS) is 11.5. The van der Waals surface area contributed by atoms with Gasteiger partial charge >= 0.3 is 0 Å². The molecule has 0 aliphatic carbocycles. The van der Waals surface area contributed by atoms with Crippen molar-refractivity contribution in [3.8, 4) is 11.5 Å². The van der Waals surface area contributed by atoms with Crippen molar-refractivity contribution in [2.75, 3.05) is 20.3 Å². The van der Waals surface area contributed by atoms with Gasteiger partial charge < -0.3 is 9.47 Å². The van der Waals surface area contributed by atoms with Crippen LogP contribution in [0.4, 0.5) is 0 Å². The summed E-state index contributed by atoms with van der Waals surface area (Å²) in [6.07, 6.45) is 0. The molecule has 0 amide bonds. The van der Waals surface area contributed by atoms with Crippen molar-refractivity contribution in [3.63, 3.8) is 0 Å². The van der Waals surface area contributed by atoms with Gasteiger partial charge in [0.1, 0.15) is 18.1 Å². The number of hydrogen-bond acceptors (Lipinski definition) is 4. The first-order chi connectivity index (χ1) is 11.4. The Morgan fingerprint density at radius 1 is 1.04 bits per heavy atom. The van der Waals surface area contributed by atoms with Gasteiger partial charge in [-0.25, -0.2) is 13.1 Å². The zero-order chi connectivity index (χ0) is 17.6. The molecule has 0 spiro atoms. The summed E-state index contributed by atoms with van der Waals surface area (Å²) in [6, 6.07) is 14.1. The summed E-state index contributed by atoms with van der Waals surface area (Å²) >= 11 is 0. The Kier molecular flexibility index (Phi) is 6.23. The summed E-state index contributed by atoms with van der Waals surface area (Å²) in [4.78, 5) is 0.258. The minimum Gasteiger partial charge on any atom is -0.497 e. The zero-order valence-corrected chi connectivity index (χ0v) is 15.0. The molecule has 1 N–H and O–H groups in total. The molecule has 5 nitrogen and oxygen atoms in total. The molecule has 0 unspecified atom stereocenters. The summed E-state index contributed by atoms with van der Waals surface area (Å²) in [6.45, 7) is 4.55. The van der Waals surface area contributed by atoms with Gasteiger partial charge in [-0.05, 0) is 35.7 Å². The van der Waals surface area contributed by atoms with Crippen molar-refractivity contribution in [1.82, 2.24) is 4.72 Å². The van der Waals surface area contributed by atoms with Crippen LogP contribution in [0.1, 0.15) is 25.3 Å². The zero-order valence-electron chi connectivity index (χ0n) is 14.2. The second-order valence-corrected chi connectivity index (χ2v) is 7.42. The lowest BCUT2D eigenvalue weighted by Crippen LogP contribution is -2.28. The van der Waals surface area contributed by atoms with Crippen LogP contribution in [-0.4, -0.2) is 28.7 Å². The minimum atomic E-state index is -3.52. The van der Waals surface area contributed by atoms with Gasteiger partial charge in [-0.15, -0.1) is 0 Å². The molecule has 6 heteroatoms. The smallest absolute Gasteiger partial charge is 0.240 e. The van der Waals surface area contributed by atoms with Crippen LogP contribution in [-0.2, 0) is 10.0 Å². The predicted octanol–water partition coefficient (Wildman–Crippen LogP) is 3.18. The molecule has 0 saturated heterocycles. The van der Waals surface area contributed by atoms with Crippen molar-refractivity contribution in [1.29, 1.82) is 0 Å². The molecule has 24 heavy (non-hydrogen) atoms. The SMILES string of the molecule is COc1cccc(OCCNS(=O)(=O)c2ccc(C(C)C)cc2)c1. The highest BCUT2D eigenvalue weighted by Gasteiger charge is 2.13. The fourth-order valence-electron chi connectivity index (χ4n) is 2.15. The lowest BCUT2D eigenvalue weighted by Gasteiger charge is -2.10. The monoisotopic (exact) mass is 349 g/mol. The number of sulfonamides is 1. The van der Waals surface area contributed by atoms with E-state index in [9.17, 15) is 8.42 Å². The number of hydrogen-bond donors (Lipinski definition) is 1. The van der Waals surface area contributed by atoms with E-state index >= 15 is 0 Å². The molecule has 0 aliphatic rings. The van der Waals surface area contributed by atoms with Crippen molar-refractivity contribution in [2.45, 2.75) is 24.7 Å². The maximum atomic E-state index is 12.2. The van der Waals surface area contributed by atoms with E-state index in [2.05, 4.69) is 18.6 Å². The van der Waals surface area contributed by atoms with E-state index in [1.807, 2.05) is 24.3 Å². The highest BCUT2D eigenvalue weighted by molar-refractivity contribution is 7.89. The molecular weight excluding hydrogens is 326 g/mol. The van der Waals surface area contributed by atoms with E-state index in [0.717, 1.165) is 5.56 Å². The van der Waals surface area contributed by atoms with E-state index in [-0.39, 0.29) is 18.0 Å². The maximum Gasteiger partial charge on any atom is 0.240 e. The fourth-order valence-corrected chi connectivity index (χ4v) is 3.16. The second kappa shape index (κ2) is 8.17. The Labute approximate surface area is 143 Å². The number of nitrogens with one attached hydrogen (secondary N) is 1. The Bertz CT molecular complexity index is 755. The Morgan fingerprint density at radius 2 is 1.71 bits per heavy atom. The van der Waals surface area contributed by atoms with Crippen LogP contribution >= 0.6 is 0 Å². The molecule has 0 aromatic heterocycles. The summed E-state index contributed by atoms with van der Waals surface area (Å²) in [5.74, 6) is 1.69. The largest absolute Gasteiger partial charge is 0.497 e. The summed E-state index contributed by atoms with van der Waals surface area (Å²) in [7, 11) is -1.94. The van der Waals surface area contributed by atoms with Crippen molar-refractivity contribution < 1.29 is 17.9 Å². The first-order valence-electron chi connectivity index (χ1n) is 7.79. The third-order valence-electron chi connectivity index (χ3n) is 3.56. The van der Waals surface area contributed by atoms with E-state index in [0.29, 0.717) is 17.4 Å². The van der Waals surface area contributed by atoms with Gasteiger partial charge in [0.2, 0.25) is 10.0 Å². The topological polar surface area (TPSA) is 64.6 Å². The van der Waals surface area contributed by atoms with Gasteiger partial charge in [0, 0.05) is 12.6 Å². The average Bonchev–Trinajstić information content (AvgIpc) is 2.59. The number of ether oxygens (including phenoxy) is 2. The van der Waals surface area contributed by atoms with Crippen molar-refractivity contribution in [3.05, 3.63) is 54.1 Å². The third kappa shape index (κ3) is 4.97. The lowest BCUT2D eigenvalue weighted by atomic mass is 10.0. The van der Waals surface area contributed by atoms with Crippen LogP contribution in [0.15, 0.2) is 53.4 Å². The molecular formula is C18H23NO4S. The molecule has 0 aliphatic heterocycles. The maximum absolute atomic E-state index is 12.2. The standard InChI is InChI=1S/C18H23NO4S/c1-14(2)15-7-9-18(10-8-15)24(20,21)19-11-12-23-17-6-4-5-16(13-17)22-3/h4-10,13-14,19H,11-12H2,1-3H3. The van der Waals surface area contributed by atoms with E-state index in [4.69, 9.17) is 9.47 Å². The highest BCUT2D eigenvalue weighted by atomic mass is 32.2. The molecule has 0 atom stereocenters. The molecule has 0 bridgehead atoms. The Hall–Kier alpha value is -2.05. The molecule has 2 aromatic rings. The molecule has 0 radical (unpaired) electrons. The van der Waals surface area contributed by atoms with Crippen LogP contribution in [0.3, 0.4) is 0 Å². The summed E-state index contributed by atoms with van der Waals surface area (Å²) < 4.78 is 37.6. The van der Waals surface area contributed by atoms with E-state index in [1.54, 1.807) is 31.4 Å². The molecule has 2 aromatic carbocycles. The van der Waals surface area contributed by atoms with E-state index < -0.39 is 10.0 Å². The highest BCUT2D eigenvalue weighted by Crippen LogP contribution is 2.19. The molecule has 130 valence electrons. The van der Waals surface area contributed by atoms with Crippen LogP contribution < -0.4 is 14.2 Å². The fraction of sp³-hybridized carbons (Fsp3) is 0.333. The summed E-state index contributed by atoms with van der Waals surface area (Å²) in [5, 5.41) is 0. The number of methoxy groups -OCH3 is 1. The van der Waals surface area contributed by atoms with Crippen LogP contribution in [0.2, 0.25) is 0 Å².